The number of nitrogens with one attached hydrogen (secondary N) is 1. The number of carbonyl (C=O) groups is 1. The van der Waals surface area contributed by atoms with Crippen molar-refractivity contribution in [3.05, 3.63) is 53.1 Å². The summed E-state index contributed by atoms with van der Waals surface area (Å²) < 4.78 is 7.13. The van der Waals surface area contributed by atoms with E-state index in [9.17, 15) is 4.79 Å². The van der Waals surface area contributed by atoms with Gasteiger partial charge < -0.3 is 14.3 Å². The van der Waals surface area contributed by atoms with E-state index in [0.29, 0.717) is 26.9 Å². The van der Waals surface area contributed by atoms with E-state index in [-0.39, 0.29) is 11.7 Å². The standard InChI is InChI=1S/C18H14ClN5O2S2/c1-24-16(14-3-2-8-26-14)22-23-18(24)28-10-15(25)21-17-20-13(9-27-17)11-4-6-12(19)7-5-11/h2-9H,10H2,1H3,(H,20,21,25). The van der Waals surface area contributed by atoms with Crippen LogP contribution in [-0.4, -0.2) is 31.4 Å². The second kappa shape index (κ2) is 8.17. The predicted molar refractivity (Wildman–Crippen MR) is 111 cm³/mol. The van der Waals surface area contributed by atoms with E-state index in [0.717, 1.165) is 11.3 Å². The van der Waals surface area contributed by atoms with Gasteiger partial charge in [-0.1, -0.05) is 35.5 Å². The van der Waals surface area contributed by atoms with Crippen molar-refractivity contribution in [2.45, 2.75) is 5.16 Å². The molecule has 3 heterocycles. The quantitative estimate of drug-likeness (QED) is 0.449. The summed E-state index contributed by atoms with van der Waals surface area (Å²) in [7, 11) is 1.83. The van der Waals surface area contributed by atoms with Gasteiger partial charge in [0.25, 0.3) is 0 Å². The van der Waals surface area contributed by atoms with Crippen LogP contribution >= 0.6 is 34.7 Å². The molecule has 10 heteroatoms. The Morgan fingerprint density at radius 3 is 2.86 bits per heavy atom. The Balaban J connectivity index is 1.36. The van der Waals surface area contributed by atoms with Crippen LogP contribution in [0.5, 0.6) is 0 Å². The fraction of sp³-hybridized carbons (Fsp3) is 0.111. The molecule has 142 valence electrons. The van der Waals surface area contributed by atoms with Gasteiger partial charge in [-0.3, -0.25) is 4.79 Å². The first-order chi connectivity index (χ1) is 13.6. The van der Waals surface area contributed by atoms with E-state index in [1.807, 2.05) is 42.8 Å². The normalized spacial score (nSPS) is 10.9. The number of rotatable bonds is 6. The summed E-state index contributed by atoms with van der Waals surface area (Å²) in [5.74, 6) is 1.27. The van der Waals surface area contributed by atoms with Crippen LogP contribution in [0, 0.1) is 0 Å². The van der Waals surface area contributed by atoms with Crippen LogP contribution in [0.3, 0.4) is 0 Å². The molecule has 0 saturated heterocycles. The fourth-order valence-corrected chi connectivity index (χ4v) is 4.00. The second-order valence-corrected chi connectivity index (χ2v) is 7.96. The number of benzene rings is 1. The second-order valence-electron chi connectivity index (χ2n) is 5.72. The zero-order valence-electron chi connectivity index (χ0n) is 14.6. The molecule has 1 amide bonds. The molecule has 28 heavy (non-hydrogen) atoms. The summed E-state index contributed by atoms with van der Waals surface area (Å²) in [5, 5.41) is 14.8. The first-order valence-electron chi connectivity index (χ1n) is 8.17. The number of furan rings is 1. The lowest BCUT2D eigenvalue weighted by Crippen LogP contribution is -2.14. The number of hydrogen-bond acceptors (Lipinski definition) is 7. The van der Waals surface area contributed by atoms with Crippen LogP contribution in [0.2, 0.25) is 5.02 Å². The third-order valence-corrected chi connectivity index (χ3v) is 5.83. The van der Waals surface area contributed by atoms with Crippen molar-refractivity contribution in [1.82, 2.24) is 19.7 Å². The molecular weight excluding hydrogens is 418 g/mol. The molecular formula is C18H14ClN5O2S2. The zero-order chi connectivity index (χ0) is 19.5. The minimum atomic E-state index is -0.162. The maximum absolute atomic E-state index is 12.3. The molecule has 7 nitrogen and oxygen atoms in total. The van der Waals surface area contributed by atoms with Crippen molar-refractivity contribution in [2.75, 3.05) is 11.1 Å². The van der Waals surface area contributed by atoms with Gasteiger partial charge >= 0.3 is 0 Å². The van der Waals surface area contributed by atoms with Gasteiger partial charge in [0.05, 0.1) is 17.7 Å². The molecule has 1 aromatic carbocycles. The van der Waals surface area contributed by atoms with Gasteiger partial charge in [-0.05, 0) is 24.3 Å². The Labute approximate surface area is 173 Å². The Morgan fingerprint density at radius 1 is 1.29 bits per heavy atom. The molecule has 4 aromatic rings. The number of nitrogens with zero attached hydrogens (tertiary/aromatic N) is 4. The van der Waals surface area contributed by atoms with Crippen LogP contribution < -0.4 is 5.32 Å². The van der Waals surface area contributed by atoms with Gasteiger partial charge in [-0.2, -0.15) is 0 Å². The lowest BCUT2D eigenvalue weighted by atomic mass is 10.2. The predicted octanol–water partition coefficient (Wildman–Crippen LogP) is 4.58. The number of anilines is 1. The number of amides is 1. The van der Waals surface area contributed by atoms with Gasteiger partial charge in [-0.15, -0.1) is 21.5 Å². The van der Waals surface area contributed by atoms with Crippen molar-refractivity contribution >= 4 is 45.7 Å². The largest absolute Gasteiger partial charge is 0.461 e. The topological polar surface area (TPSA) is 85.8 Å². The molecule has 0 radical (unpaired) electrons. The number of hydrogen-bond donors (Lipinski definition) is 1. The highest BCUT2D eigenvalue weighted by atomic mass is 35.5. The summed E-state index contributed by atoms with van der Waals surface area (Å²) >= 11 is 8.57. The molecule has 0 aliphatic rings. The lowest BCUT2D eigenvalue weighted by molar-refractivity contribution is -0.113. The van der Waals surface area contributed by atoms with Gasteiger partial charge in [-0.25, -0.2) is 4.98 Å². The number of thioether (sulfide) groups is 1. The van der Waals surface area contributed by atoms with E-state index in [4.69, 9.17) is 16.0 Å². The third-order valence-electron chi connectivity index (χ3n) is 3.80. The summed E-state index contributed by atoms with van der Waals surface area (Å²) in [5.41, 5.74) is 1.74. The van der Waals surface area contributed by atoms with Crippen molar-refractivity contribution in [3.8, 4) is 22.8 Å². The van der Waals surface area contributed by atoms with Crippen LogP contribution in [0.4, 0.5) is 5.13 Å². The molecule has 0 aliphatic carbocycles. The smallest absolute Gasteiger partial charge is 0.236 e. The molecule has 1 N–H and O–H groups in total. The Kier molecular flexibility index (Phi) is 5.47. The maximum Gasteiger partial charge on any atom is 0.236 e. The van der Waals surface area contributed by atoms with Gasteiger partial charge in [0, 0.05) is 23.0 Å². The average molecular weight is 432 g/mol. The van der Waals surface area contributed by atoms with E-state index in [2.05, 4.69) is 20.5 Å². The molecule has 0 atom stereocenters. The van der Waals surface area contributed by atoms with E-state index >= 15 is 0 Å². The van der Waals surface area contributed by atoms with E-state index in [1.165, 1.54) is 23.1 Å². The number of halogens is 1. The lowest BCUT2D eigenvalue weighted by Gasteiger charge is -2.03. The third kappa shape index (κ3) is 4.11. The SMILES string of the molecule is Cn1c(SCC(=O)Nc2nc(-c3ccc(Cl)cc3)cs2)nnc1-c1ccco1. The summed E-state index contributed by atoms with van der Waals surface area (Å²) in [4.78, 5) is 16.7. The van der Waals surface area contributed by atoms with Crippen molar-refractivity contribution in [2.24, 2.45) is 7.05 Å². The maximum atomic E-state index is 12.3. The van der Waals surface area contributed by atoms with Crippen LogP contribution in [0.1, 0.15) is 0 Å². The summed E-state index contributed by atoms with van der Waals surface area (Å²) in [6.07, 6.45) is 1.58. The Hall–Kier alpha value is -2.62. The van der Waals surface area contributed by atoms with Crippen LogP contribution in [0.25, 0.3) is 22.8 Å². The first kappa shape index (κ1) is 18.7. The molecule has 0 unspecified atom stereocenters. The van der Waals surface area contributed by atoms with Gasteiger partial charge in [0.1, 0.15) is 0 Å². The highest BCUT2D eigenvalue weighted by Gasteiger charge is 2.15. The van der Waals surface area contributed by atoms with Crippen molar-refractivity contribution in [1.29, 1.82) is 0 Å². The summed E-state index contributed by atoms with van der Waals surface area (Å²) in [6.45, 7) is 0. The van der Waals surface area contributed by atoms with Crippen molar-refractivity contribution < 1.29 is 9.21 Å². The molecule has 4 rings (SSSR count). The number of aromatic nitrogens is 4. The zero-order valence-corrected chi connectivity index (χ0v) is 17.0. The molecule has 0 aliphatic heterocycles. The minimum Gasteiger partial charge on any atom is -0.461 e. The first-order valence-corrected chi connectivity index (χ1v) is 10.4. The monoisotopic (exact) mass is 431 g/mol. The van der Waals surface area contributed by atoms with Crippen LogP contribution in [-0.2, 0) is 11.8 Å². The highest BCUT2D eigenvalue weighted by Crippen LogP contribution is 2.27. The Bertz CT molecular complexity index is 1090. The minimum absolute atomic E-state index is 0.162. The Morgan fingerprint density at radius 2 is 2.11 bits per heavy atom. The molecule has 3 aromatic heterocycles. The molecule has 0 bridgehead atoms. The van der Waals surface area contributed by atoms with E-state index < -0.39 is 0 Å². The molecule has 0 spiro atoms. The summed E-state index contributed by atoms with van der Waals surface area (Å²) in [6, 6.07) is 11.0. The number of thiazole rings is 1. The number of carbonyl (C=O) groups excluding carboxylic acids is 1. The molecule has 0 saturated carbocycles. The van der Waals surface area contributed by atoms with E-state index in [1.54, 1.807) is 16.9 Å². The van der Waals surface area contributed by atoms with Crippen LogP contribution in [0.15, 0.2) is 57.6 Å². The van der Waals surface area contributed by atoms with Crippen molar-refractivity contribution in [3.63, 3.8) is 0 Å². The average Bonchev–Trinajstić information content (AvgIpc) is 3.42. The molecule has 0 fully saturated rings. The fourth-order valence-electron chi connectivity index (χ4n) is 2.43. The van der Waals surface area contributed by atoms with Gasteiger partial charge in [0.2, 0.25) is 5.91 Å². The highest BCUT2D eigenvalue weighted by molar-refractivity contribution is 7.99. The van der Waals surface area contributed by atoms with Gasteiger partial charge in [0.15, 0.2) is 21.9 Å².